The van der Waals surface area contributed by atoms with Crippen molar-refractivity contribution in [1.82, 2.24) is 4.98 Å². The Balaban J connectivity index is 2.68. The quantitative estimate of drug-likeness (QED) is 0.428. The van der Waals surface area contributed by atoms with Gasteiger partial charge in [-0.25, -0.2) is 0 Å². The van der Waals surface area contributed by atoms with Gasteiger partial charge in [0.1, 0.15) is 5.84 Å². The van der Waals surface area contributed by atoms with E-state index in [0.717, 1.165) is 16.3 Å². The van der Waals surface area contributed by atoms with E-state index in [1.165, 1.54) is 0 Å². The van der Waals surface area contributed by atoms with Crippen LogP contribution in [-0.4, -0.2) is 10.8 Å². The van der Waals surface area contributed by atoms with Gasteiger partial charge in [-0.3, -0.25) is 5.41 Å². The van der Waals surface area contributed by atoms with Crippen LogP contribution in [0.2, 0.25) is 0 Å². The molecule has 0 spiro atoms. The predicted molar refractivity (Wildman–Crippen MR) is 49.3 cm³/mol. The minimum absolute atomic E-state index is 0.109. The summed E-state index contributed by atoms with van der Waals surface area (Å²) in [5, 5.41) is 9.46. The highest BCUT2D eigenvalue weighted by Gasteiger charge is 1.98. The molecule has 0 radical (unpaired) electrons. The van der Waals surface area contributed by atoms with Crippen molar-refractivity contribution >= 4 is 16.6 Å². The number of H-pyrrole nitrogens is 1. The maximum Gasteiger partial charge on any atom is 0.122 e. The smallest absolute Gasteiger partial charge is 0.122 e. The van der Waals surface area contributed by atoms with Gasteiger partial charge in [0.25, 0.3) is 0 Å². The van der Waals surface area contributed by atoms with Crippen molar-refractivity contribution in [2.24, 2.45) is 5.73 Å². The van der Waals surface area contributed by atoms with Crippen molar-refractivity contribution in [1.29, 1.82) is 5.41 Å². The van der Waals surface area contributed by atoms with Crippen LogP contribution in [0.15, 0.2) is 30.6 Å². The molecule has 1 aromatic carbocycles. The Labute approximate surface area is 69.7 Å². The lowest BCUT2D eigenvalue weighted by molar-refractivity contribution is 1.43. The molecule has 0 saturated heterocycles. The van der Waals surface area contributed by atoms with Crippen LogP contribution in [0.4, 0.5) is 0 Å². The predicted octanol–water partition coefficient (Wildman–Crippen LogP) is 1.45. The summed E-state index contributed by atoms with van der Waals surface area (Å²) in [7, 11) is 0. The maximum atomic E-state index is 7.23. The number of aromatic nitrogens is 1. The minimum Gasteiger partial charge on any atom is -0.384 e. The van der Waals surface area contributed by atoms with Crippen molar-refractivity contribution in [2.45, 2.75) is 0 Å². The molecule has 3 nitrogen and oxygen atoms in total. The molecule has 0 unspecified atom stereocenters. The first kappa shape index (κ1) is 6.91. The van der Waals surface area contributed by atoms with Gasteiger partial charge in [0, 0.05) is 18.0 Å². The second-order valence-corrected chi connectivity index (χ2v) is 2.71. The second-order valence-electron chi connectivity index (χ2n) is 2.71. The highest BCUT2D eigenvalue weighted by molar-refractivity contribution is 5.98. The SMILES string of the molecule is N=C(N)c1ccc2c[nH]cc2c1. The molecule has 1 aromatic heterocycles. The summed E-state index contributed by atoms with van der Waals surface area (Å²) in [5.74, 6) is 0.109. The molecule has 12 heavy (non-hydrogen) atoms. The van der Waals surface area contributed by atoms with Gasteiger partial charge in [-0.15, -0.1) is 0 Å². The molecular weight excluding hydrogens is 150 g/mol. The van der Waals surface area contributed by atoms with Gasteiger partial charge >= 0.3 is 0 Å². The summed E-state index contributed by atoms with van der Waals surface area (Å²) in [6, 6.07) is 5.69. The van der Waals surface area contributed by atoms with E-state index in [1.54, 1.807) is 0 Å². The summed E-state index contributed by atoms with van der Waals surface area (Å²) in [5.41, 5.74) is 6.11. The van der Waals surface area contributed by atoms with Gasteiger partial charge in [-0.1, -0.05) is 12.1 Å². The molecule has 0 saturated carbocycles. The van der Waals surface area contributed by atoms with E-state index in [-0.39, 0.29) is 5.84 Å². The topological polar surface area (TPSA) is 65.7 Å². The molecular formula is C9H9N3. The number of aromatic amines is 1. The first-order chi connectivity index (χ1) is 5.77. The highest BCUT2D eigenvalue weighted by Crippen LogP contribution is 2.14. The maximum absolute atomic E-state index is 7.23. The van der Waals surface area contributed by atoms with Gasteiger partial charge in [-0.2, -0.15) is 0 Å². The van der Waals surface area contributed by atoms with Crippen LogP contribution in [0.3, 0.4) is 0 Å². The summed E-state index contributed by atoms with van der Waals surface area (Å²) >= 11 is 0. The molecule has 2 aromatic rings. The number of hydrogen-bond donors (Lipinski definition) is 3. The molecule has 0 fully saturated rings. The summed E-state index contributed by atoms with van der Waals surface area (Å²) in [6.45, 7) is 0. The minimum atomic E-state index is 0.109. The van der Waals surface area contributed by atoms with Crippen LogP contribution in [0.1, 0.15) is 5.56 Å². The lowest BCUT2D eigenvalue weighted by Gasteiger charge is -1.96. The van der Waals surface area contributed by atoms with E-state index in [0.29, 0.717) is 0 Å². The highest BCUT2D eigenvalue weighted by atomic mass is 14.7. The Hall–Kier alpha value is -1.77. The molecule has 3 heteroatoms. The molecule has 1 heterocycles. The molecule has 0 aliphatic heterocycles. The van der Waals surface area contributed by atoms with E-state index in [1.807, 2.05) is 30.6 Å². The van der Waals surface area contributed by atoms with Gasteiger partial charge in [0.15, 0.2) is 0 Å². The summed E-state index contributed by atoms with van der Waals surface area (Å²) in [4.78, 5) is 2.99. The van der Waals surface area contributed by atoms with Gasteiger partial charge in [-0.05, 0) is 16.8 Å². The number of nitrogens with two attached hydrogens (primary N) is 1. The third-order valence-electron chi connectivity index (χ3n) is 1.88. The van der Waals surface area contributed by atoms with E-state index in [4.69, 9.17) is 11.1 Å². The zero-order valence-corrected chi connectivity index (χ0v) is 6.46. The van der Waals surface area contributed by atoms with E-state index in [9.17, 15) is 0 Å². The number of fused-ring (bicyclic) bond motifs is 1. The zero-order valence-electron chi connectivity index (χ0n) is 6.46. The number of nitrogens with one attached hydrogen (secondary N) is 2. The number of rotatable bonds is 1. The van der Waals surface area contributed by atoms with Crippen LogP contribution >= 0.6 is 0 Å². The summed E-state index contributed by atoms with van der Waals surface area (Å²) < 4.78 is 0. The second kappa shape index (κ2) is 2.37. The Morgan fingerprint density at radius 3 is 2.75 bits per heavy atom. The molecule has 0 bridgehead atoms. The van der Waals surface area contributed by atoms with Gasteiger partial charge in [0.2, 0.25) is 0 Å². The first-order valence-electron chi connectivity index (χ1n) is 3.68. The Morgan fingerprint density at radius 2 is 2.00 bits per heavy atom. The third-order valence-corrected chi connectivity index (χ3v) is 1.88. The Kier molecular flexibility index (Phi) is 1.37. The lowest BCUT2D eigenvalue weighted by atomic mass is 10.1. The van der Waals surface area contributed by atoms with Crippen LogP contribution in [0.5, 0.6) is 0 Å². The molecule has 60 valence electrons. The number of nitrogen functional groups attached to an aromatic ring is 1. The molecule has 0 atom stereocenters. The molecule has 2 rings (SSSR count). The number of hydrogen-bond acceptors (Lipinski definition) is 1. The average molecular weight is 159 g/mol. The molecule has 0 aliphatic carbocycles. The molecule has 4 N–H and O–H groups in total. The monoisotopic (exact) mass is 159 g/mol. The van der Waals surface area contributed by atoms with Gasteiger partial charge in [0.05, 0.1) is 0 Å². The average Bonchev–Trinajstić information content (AvgIpc) is 2.49. The molecule has 0 aliphatic rings. The molecule has 0 amide bonds. The fraction of sp³-hybridized carbons (Fsp3) is 0. The number of benzene rings is 1. The van der Waals surface area contributed by atoms with Crippen LogP contribution < -0.4 is 5.73 Å². The van der Waals surface area contributed by atoms with Crippen LogP contribution in [0.25, 0.3) is 10.8 Å². The van der Waals surface area contributed by atoms with Crippen molar-refractivity contribution in [3.8, 4) is 0 Å². The largest absolute Gasteiger partial charge is 0.384 e. The van der Waals surface area contributed by atoms with Crippen molar-refractivity contribution in [3.05, 3.63) is 36.2 Å². The Morgan fingerprint density at radius 1 is 1.25 bits per heavy atom. The fourth-order valence-corrected chi connectivity index (χ4v) is 1.22. The standard InChI is InChI=1S/C9H9N3/c10-9(11)6-1-2-7-4-12-5-8(7)3-6/h1-5,12H,(H3,10,11). The van der Waals surface area contributed by atoms with Crippen molar-refractivity contribution in [3.63, 3.8) is 0 Å². The van der Waals surface area contributed by atoms with E-state index < -0.39 is 0 Å². The first-order valence-corrected chi connectivity index (χ1v) is 3.68. The third kappa shape index (κ3) is 0.955. The fourth-order valence-electron chi connectivity index (χ4n) is 1.22. The Bertz CT molecular complexity index is 428. The van der Waals surface area contributed by atoms with Crippen molar-refractivity contribution in [2.75, 3.05) is 0 Å². The van der Waals surface area contributed by atoms with Gasteiger partial charge < -0.3 is 10.7 Å². The normalized spacial score (nSPS) is 10.3. The van der Waals surface area contributed by atoms with Crippen LogP contribution in [-0.2, 0) is 0 Å². The van der Waals surface area contributed by atoms with Crippen molar-refractivity contribution < 1.29 is 0 Å². The summed E-state index contributed by atoms with van der Waals surface area (Å²) in [6.07, 6.45) is 3.81. The lowest BCUT2D eigenvalue weighted by Crippen LogP contribution is -2.10. The van der Waals surface area contributed by atoms with E-state index in [2.05, 4.69) is 4.98 Å². The number of amidine groups is 1. The van der Waals surface area contributed by atoms with E-state index >= 15 is 0 Å². The van der Waals surface area contributed by atoms with Crippen LogP contribution in [0, 0.1) is 5.41 Å². The zero-order chi connectivity index (χ0) is 8.55.